The van der Waals surface area contributed by atoms with Crippen molar-refractivity contribution in [2.75, 3.05) is 0 Å². The normalized spacial score (nSPS) is 11.7. The molecule has 0 unspecified atom stereocenters. The number of hydrogen-bond acceptors (Lipinski definition) is 2. The van der Waals surface area contributed by atoms with Crippen molar-refractivity contribution in [1.29, 1.82) is 5.26 Å². The molecule has 0 saturated heterocycles. The Morgan fingerprint density at radius 3 is 2.68 bits per heavy atom. The molecule has 0 saturated carbocycles. The minimum atomic E-state index is -0.647. The van der Waals surface area contributed by atoms with Crippen molar-refractivity contribution >= 4 is 33.8 Å². The smallest absolute Gasteiger partial charge is 0.150 e. The maximum absolute atomic E-state index is 13.9. The minimum absolute atomic E-state index is 0.00972. The average Bonchev–Trinajstić information content (AvgIpc) is 2.44. The lowest BCUT2D eigenvalue weighted by Crippen LogP contribution is -1.91. The Morgan fingerprint density at radius 2 is 2.05 bits per heavy atom. The van der Waals surface area contributed by atoms with E-state index in [1.54, 1.807) is 24.4 Å². The van der Waals surface area contributed by atoms with Crippen LogP contribution in [0.25, 0.3) is 10.6 Å². The molecule has 0 aliphatic rings. The van der Waals surface area contributed by atoms with Crippen LogP contribution in [-0.4, -0.2) is 4.98 Å². The molecule has 2 rings (SSSR count). The molecule has 0 amide bonds. The van der Waals surface area contributed by atoms with Gasteiger partial charge in [0.2, 0.25) is 0 Å². The fourth-order valence-electron chi connectivity index (χ4n) is 1.56. The monoisotopic (exact) mass is 292 g/mol. The summed E-state index contributed by atoms with van der Waals surface area (Å²) >= 11 is 11.8. The second-order valence-electron chi connectivity index (χ2n) is 3.64. The van der Waals surface area contributed by atoms with E-state index in [1.165, 1.54) is 18.3 Å². The van der Waals surface area contributed by atoms with Crippen LogP contribution in [0.2, 0.25) is 5.02 Å². The van der Waals surface area contributed by atoms with Crippen LogP contribution in [0.5, 0.6) is 0 Å². The lowest BCUT2D eigenvalue weighted by atomic mass is 10.1. The fraction of sp³-hybridized carbons (Fsp3) is 0. The molecule has 0 atom stereocenters. The van der Waals surface area contributed by atoms with Gasteiger partial charge in [-0.15, -0.1) is 0 Å². The fourth-order valence-corrected chi connectivity index (χ4v) is 2.03. The highest BCUT2D eigenvalue weighted by Gasteiger charge is 2.15. The van der Waals surface area contributed by atoms with Crippen molar-refractivity contribution in [1.82, 2.24) is 4.98 Å². The van der Waals surface area contributed by atoms with Crippen LogP contribution in [0.15, 0.2) is 42.7 Å². The summed E-state index contributed by atoms with van der Waals surface area (Å²) in [6.45, 7) is 0. The van der Waals surface area contributed by atoms with Crippen LogP contribution >= 0.6 is 23.2 Å². The molecular formula is C14H7Cl2FN2. The molecule has 0 N–H and O–H groups in total. The second kappa shape index (κ2) is 5.83. The van der Waals surface area contributed by atoms with E-state index in [-0.39, 0.29) is 21.2 Å². The Hall–Kier alpha value is -1.89. The van der Waals surface area contributed by atoms with Gasteiger partial charge in [-0.25, -0.2) is 4.39 Å². The summed E-state index contributed by atoms with van der Waals surface area (Å²) in [5, 5.41) is 9.16. The Morgan fingerprint density at radius 1 is 1.26 bits per heavy atom. The first-order chi connectivity index (χ1) is 9.15. The van der Waals surface area contributed by atoms with E-state index in [9.17, 15) is 9.65 Å². The van der Waals surface area contributed by atoms with Gasteiger partial charge in [0.15, 0.2) is 5.82 Å². The van der Waals surface area contributed by atoms with Crippen LogP contribution in [0.3, 0.4) is 0 Å². The molecule has 2 nitrogen and oxygen atoms in total. The summed E-state index contributed by atoms with van der Waals surface area (Å²) in [6.07, 6.45) is 3.07. The van der Waals surface area contributed by atoms with Crippen molar-refractivity contribution in [2.45, 2.75) is 0 Å². The Labute approximate surface area is 119 Å². The van der Waals surface area contributed by atoms with Crippen molar-refractivity contribution in [3.63, 3.8) is 0 Å². The highest BCUT2D eigenvalue weighted by atomic mass is 35.5. The topological polar surface area (TPSA) is 36.7 Å². The average molecular weight is 293 g/mol. The highest BCUT2D eigenvalue weighted by molar-refractivity contribution is 6.53. The predicted molar refractivity (Wildman–Crippen MR) is 73.9 cm³/mol. The second-order valence-corrected chi connectivity index (χ2v) is 4.43. The maximum Gasteiger partial charge on any atom is 0.150 e. The molecule has 19 heavy (non-hydrogen) atoms. The van der Waals surface area contributed by atoms with E-state index < -0.39 is 5.82 Å². The van der Waals surface area contributed by atoms with Gasteiger partial charge in [0.05, 0.1) is 15.6 Å². The number of halogens is 3. The van der Waals surface area contributed by atoms with E-state index in [0.717, 1.165) is 0 Å². The van der Waals surface area contributed by atoms with E-state index in [0.29, 0.717) is 5.56 Å². The van der Waals surface area contributed by atoms with E-state index >= 15 is 0 Å². The van der Waals surface area contributed by atoms with Gasteiger partial charge in [0.25, 0.3) is 0 Å². The van der Waals surface area contributed by atoms with Gasteiger partial charge < -0.3 is 0 Å². The van der Waals surface area contributed by atoms with E-state index in [4.69, 9.17) is 23.2 Å². The number of benzene rings is 1. The molecule has 0 aliphatic carbocycles. The van der Waals surface area contributed by atoms with Crippen molar-refractivity contribution in [3.8, 4) is 6.07 Å². The first-order valence-electron chi connectivity index (χ1n) is 5.29. The number of hydrogen-bond donors (Lipinski definition) is 0. The van der Waals surface area contributed by atoms with Gasteiger partial charge in [-0.2, -0.15) is 5.26 Å². The molecule has 1 heterocycles. The zero-order valence-electron chi connectivity index (χ0n) is 9.57. The lowest BCUT2D eigenvalue weighted by Gasteiger charge is -2.06. The molecule has 0 radical (unpaired) electrons. The van der Waals surface area contributed by atoms with Gasteiger partial charge in [-0.1, -0.05) is 41.4 Å². The van der Waals surface area contributed by atoms with Crippen LogP contribution in [0.1, 0.15) is 11.1 Å². The molecule has 5 heteroatoms. The van der Waals surface area contributed by atoms with Gasteiger partial charge in [0, 0.05) is 23.5 Å². The van der Waals surface area contributed by atoms with Crippen molar-refractivity contribution in [3.05, 3.63) is 64.7 Å². The molecule has 2 aromatic rings. The number of aromatic nitrogens is 1. The number of rotatable bonds is 2. The third-order valence-electron chi connectivity index (χ3n) is 2.47. The third-order valence-corrected chi connectivity index (χ3v) is 3.15. The summed E-state index contributed by atoms with van der Waals surface area (Å²) in [5.74, 6) is -0.647. The maximum atomic E-state index is 13.9. The third kappa shape index (κ3) is 2.76. The molecule has 0 bridgehead atoms. The predicted octanol–water partition coefficient (Wildman–Crippen LogP) is 4.50. The van der Waals surface area contributed by atoms with E-state index in [2.05, 4.69) is 4.98 Å². The molecule has 94 valence electrons. The minimum Gasteiger partial charge on any atom is -0.264 e. The molecule has 1 aromatic carbocycles. The zero-order valence-corrected chi connectivity index (χ0v) is 11.1. The zero-order chi connectivity index (χ0) is 13.8. The molecule has 0 spiro atoms. The van der Waals surface area contributed by atoms with Crippen LogP contribution in [-0.2, 0) is 0 Å². The molecule has 0 aliphatic heterocycles. The van der Waals surface area contributed by atoms with Gasteiger partial charge in [0.1, 0.15) is 6.07 Å². The van der Waals surface area contributed by atoms with Crippen LogP contribution in [0.4, 0.5) is 4.39 Å². The Kier molecular flexibility index (Phi) is 4.16. The van der Waals surface area contributed by atoms with E-state index in [1.807, 2.05) is 6.07 Å². The largest absolute Gasteiger partial charge is 0.264 e. The number of pyridine rings is 1. The summed E-state index contributed by atoms with van der Waals surface area (Å²) in [5.41, 5.74) is 0.764. The molecular weight excluding hydrogens is 286 g/mol. The standard InChI is InChI=1S/C14H7Cl2FN2/c15-12-5-1-4-10(14(12)17)13(16)11(7-18)9-3-2-6-19-8-9/h1-6,8H/b13-11+. The van der Waals surface area contributed by atoms with Crippen molar-refractivity contribution < 1.29 is 4.39 Å². The summed E-state index contributed by atoms with van der Waals surface area (Å²) in [6, 6.07) is 9.77. The van der Waals surface area contributed by atoms with Crippen LogP contribution in [0, 0.1) is 17.1 Å². The summed E-state index contributed by atoms with van der Waals surface area (Å²) < 4.78 is 13.9. The molecule has 1 aromatic heterocycles. The number of nitrogens with zero attached hydrogens (tertiary/aromatic N) is 2. The lowest BCUT2D eigenvalue weighted by molar-refractivity contribution is 0.625. The Balaban J connectivity index is 2.63. The van der Waals surface area contributed by atoms with Gasteiger partial charge >= 0.3 is 0 Å². The molecule has 0 fully saturated rings. The van der Waals surface area contributed by atoms with Crippen LogP contribution < -0.4 is 0 Å². The SMILES string of the molecule is N#C/C(=C(\Cl)c1cccc(Cl)c1F)c1cccnc1. The van der Waals surface area contributed by atoms with Gasteiger partial charge in [-0.3, -0.25) is 4.98 Å². The first-order valence-corrected chi connectivity index (χ1v) is 6.05. The highest BCUT2D eigenvalue weighted by Crippen LogP contribution is 2.32. The van der Waals surface area contributed by atoms with Crippen molar-refractivity contribution in [2.24, 2.45) is 0 Å². The summed E-state index contributed by atoms with van der Waals surface area (Å²) in [4.78, 5) is 3.91. The van der Waals surface area contributed by atoms with Gasteiger partial charge in [-0.05, 0) is 12.1 Å². The number of nitriles is 1. The Bertz CT molecular complexity index is 676. The number of allylic oxidation sites excluding steroid dienone is 1. The summed E-state index contributed by atoms with van der Waals surface area (Å²) in [7, 11) is 0. The quantitative estimate of drug-likeness (QED) is 0.764. The first kappa shape index (κ1) is 13.5.